The van der Waals surface area contributed by atoms with E-state index < -0.39 is 0 Å². The van der Waals surface area contributed by atoms with Crippen LogP contribution in [0.5, 0.6) is 11.5 Å². The van der Waals surface area contributed by atoms with Crippen molar-refractivity contribution < 1.29 is 9.53 Å². The number of Topliss-reactive ketones (excluding diaryl/α,β-unsaturated/α-hetero) is 1. The van der Waals surface area contributed by atoms with E-state index >= 15 is 0 Å². The number of hydrogen-bond acceptors (Lipinski definition) is 4. The Morgan fingerprint density at radius 2 is 1.60 bits per heavy atom. The lowest BCUT2D eigenvalue weighted by molar-refractivity contribution is 0.106. The molecule has 0 amide bonds. The average Bonchev–Trinajstić information content (AvgIpc) is 2.46. The maximum absolute atomic E-state index is 11.8. The molecule has 4 nitrogen and oxygen atoms in total. The molecule has 102 valence electrons. The molecule has 0 aliphatic rings. The second kappa shape index (κ2) is 6.52. The number of ether oxygens (including phenoxy) is 1. The lowest BCUT2D eigenvalue weighted by atomic mass is 10.1. The van der Waals surface area contributed by atoms with Crippen LogP contribution in [-0.2, 0) is 0 Å². The fourth-order valence-electron chi connectivity index (χ4n) is 1.55. The first kappa shape index (κ1) is 13.8. The molecule has 20 heavy (non-hydrogen) atoms. The van der Waals surface area contributed by atoms with Crippen LogP contribution in [0.15, 0.2) is 59.7 Å². The molecule has 0 aromatic heterocycles. The van der Waals surface area contributed by atoms with Gasteiger partial charge in [0.2, 0.25) is 5.78 Å². The summed E-state index contributed by atoms with van der Waals surface area (Å²) in [6.07, 6.45) is 1.30. The van der Waals surface area contributed by atoms with E-state index in [0.717, 1.165) is 5.75 Å². The van der Waals surface area contributed by atoms with E-state index in [9.17, 15) is 4.79 Å². The zero-order chi connectivity index (χ0) is 14.4. The molecular weight excluding hydrogens is 252 g/mol. The minimum absolute atomic E-state index is 0.134. The van der Waals surface area contributed by atoms with E-state index in [1.54, 1.807) is 43.4 Å². The van der Waals surface area contributed by atoms with Gasteiger partial charge in [0.05, 0.1) is 6.21 Å². The fraction of sp³-hybridized carbons (Fsp3) is 0.125. The molecule has 2 aromatic carbocycles. The highest BCUT2D eigenvalue weighted by Crippen LogP contribution is 2.21. The summed E-state index contributed by atoms with van der Waals surface area (Å²) < 4.78 is 5.66. The van der Waals surface area contributed by atoms with Gasteiger partial charge in [0.1, 0.15) is 11.5 Å². The third-order valence-electron chi connectivity index (χ3n) is 2.52. The van der Waals surface area contributed by atoms with Crippen LogP contribution in [0.4, 0.5) is 0 Å². The molecule has 0 unspecified atom stereocenters. The smallest absolute Gasteiger partial charge is 0.205 e. The molecule has 0 atom stereocenters. The first-order chi connectivity index (χ1) is 9.65. The van der Waals surface area contributed by atoms with Crippen LogP contribution in [0.2, 0.25) is 0 Å². The number of rotatable bonds is 5. The lowest BCUT2D eigenvalue weighted by Gasteiger charge is -2.06. The summed E-state index contributed by atoms with van der Waals surface area (Å²) >= 11 is 0. The Morgan fingerprint density at radius 1 is 1.00 bits per heavy atom. The van der Waals surface area contributed by atoms with Gasteiger partial charge in [-0.2, -0.15) is 5.10 Å². The van der Waals surface area contributed by atoms with E-state index in [-0.39, 0.29) is 5.78 Å². The normalized spacial score (nSPS) is 10.5. The van der Waals surface area contributed by atoms with Crippen molar-refractivity contribution in [3.05, 3.63) is 60.2 Å². The van der Waals surface area contributed by atoms with Crippen molar-refractivity contribution in [2.24, 2.45) is 5.10 Å². The van der Waals surface area contributed by atoms with Gasteiger partial charge in [-0.05, 0) is 36.4 Å². The largest absolute Gasteiger partial charge is 0.457 e. The molecule has 2 rings (SSSR count). The van der Waals surface area contributed by atoms with Crippen LogP contribution >= 0.6 is 0 Å². The Hall–Kier alpha value is -2.62. The van der Waals surface area contributed by atoms with Crippen LogP contribution in [0.3, 0.4) is 0 Å². The van der Waals surface area contributed by atoms with Gasteiger partial charge in [-0.1, -0.05) is 18.2 Å². The minimum Gasteiger partial charge on any atom is -0.457 e. The van der Waals surface area contributed by atoms with Crippen LogP contribution in [0.25, 0.3) is 0 Å². The zero-order valence-corrected chi connectivity index (χ0v) is 11.5. The Morgan fingerprint density at radius 3 is 2.20 bits per heavy atom. The predicted molar refractivity (Wildman–Crippen MR) is 79.5 cm³/mol. The van der Waals surface area contributed by atoms with Crippen molar-refractivity contribution in [3.63, 3.8) is 0 Å². The Labute approximate surface area is 118 Å². The van der Waals surface area contributed by atoms with Gasteiger partial charge in [-0.15, -0.1) is 0 Å². The summed E-state index contributed by atoms with van der Waals surface area (Å²) in [7, 11) is 3.53. The summed E-state index contributed by atoms with van der Waals surface area (Å²) in [6, 6.07) is 16.5. The average molecular weight is 268 g/mol. The molecule has 4 heteroatoms. The van der Waals surface area contributed by atoms with Crippen molar-refractivity contribution in [1.29, 1.82) is 0 Å². The Bertz CT molecular complexity index is 590. The minimum atomic E-state index is -0.134. The van der Waals surface area contributed by atoms with Crippen molar-refractivity contribution >= 4 is 12.0 Å². The molecule has 0 spiro atoms. The van der Waals surface area contributed by atoms with Crippen LogP contribution < -0.4 is 4.74 Å². The number of carbonyl (C=O) groups excluding carboxylic acids is 1. The van der Waals surface area contributed by atoms with E-state index in [4.69, 9.17) is 4.74 Å². The Balaban J connectivity index is 2.05. The monoisotopic (exact) mass is 268 g/mol. The number of hydrogen-bond donors (Lipinski definition) is 0. The molecule has 2 aromatic rings. The molecule has 0 fully saturated rings. The Kier molecular flexibility index (Phi) is 4.50. The quantitative estimate of drug-likeness (QED) is 0.475. The second-order valence-corrected chi connectivity index (χ2v) is 4.40. The van der Waals surface area contributed by atoms with Crippen LogP contribution in [-0.4, -0.2) is 31.1 Å². The first-order valence-corrected chi connectivity index (χ1v) is 6.24. The van der Waals surface area contributed by atoms with Gasteiger partial charge >= 0.3 is 0 Å². The van der Waals surface area contributed by atoms with Gasteiger partial charge in [-0.25, -0.2) is 0 Å². The summed E-state index contributed by atoms with van der Waals surface area (Å²) in [5, 5.41) is 5.49. The highest BCUT2D eigenvalue weighted by Gasteiger charge is 2.03. The highest BCUT2D eigenvalue weighted by atomic mass is 16.5. The van der Waals surface area contributed by atoms with Crippen molar-refractivity contribution in [1.82, 2.24) is 5.01 Å². The number of carbonyl (C=O) groups is 1. The van der Waals surface area contributed by atoms with Gasteiger partial charge < -0.3 is 9.75 Å². The van der Waals surface area contributed by atoms with E-state index in [1.807, 2.05) is 30.3 Å². The summed E-state index contributed by atoms with van der Waals surface area (Å²) in [5.41, 5.74) is 0.580. The van der Waals surface area contributed by atoms with Gasteiger partial charge in [0, 0.05) is 19.7 Å². The van der Waals surface area contributed by atoms with Gasteiger partial charge in [0.15, 0.2) is 0 Å². The maximum Gasteiger partial charge on any atom is 0.205 e. The molecular formula is C16H16N2O2. The van der Waals surface area contributed by atoms with Crippen molar-refractivity contribution in [2.45, 2.75) is 0 Å². The number of ketones is 1. The van der Waals surface area contributed by atoms with E-state index in [0.29, 0.717) is 11.3 Å². The zero-order valence-electron chi connectivity index (χ0n) is 11.5. The highest BCUT2D eigenvalue weighted by molar-refractivity contribution is 6.35. The molecule has 0 aliphatic heterocycles. The van der Waals surface area contributed by atoms with Crippen molar-refractivity contribution in [3.8, 4) is 11.5 Å². The summed E-state index contributed by atoms with van der Waals surface area (Å²) in [6.45, 7) is 0. The molecule has 0 radical (unpaired) electrons. The summed E-state index contributed by atoms with van der Waals surface area (Å²) in [5.74, 6) is 1.32. The van der Waals surface area contributed by atoms with Gasteiger partial charge in [-0.3, -0.25) is 4.79 Å². The SMILES string of the molecule is CN(C)/N=C\C(=O)c1ccc(Oc2ccccc2)cc1. The first-order valence-electron chi connectivity index (χ1n) is 6.24. The third-order valence-corrected chi connectivity index (χ3v) is 2.52. The topological polar surface area (TPSA) is 41.9 Å². The maximum atomic E-state index is 11.8. The molecule has 0 saturated heterocycles. The molecule has 0 N–H and O–H groups in total. The third kappa shape index (κ3) is 3.95. The predicted octanol–water partition coefficient (Wildman–Crippen LogP) is 3.21. The van der Waals surface area contributed by atoms with Crippen LogP contribution in [0.1, 0.15) is 10.4 Å². The molecule has 0 aliphatic carbocycles. The number of benzene rings is 2. The second-order valence-electron chi connectivity index (χ2n) is 4.40. The number of nitrogens with zero attached hydrogens (tertiary/aromatic N) is 2. The van der Waals surface area contributed by atoms with E-state index in [2.05, 4.69) is 5.10 Å². The molecule has 0 saturated carbocycles. The van der Waals surface area contributed by atoms with E-state index in [1.165, 1.54) is 6.21 Å². The summed E-state index contributed by atoms with van der Waals surface area (Å²) in [4.78, 5) is 11.8. The fourth-order valence-corrected chi connectivity index (χ4v) is 1.55. The van der Waals surface area contributed by atoms with Crippen LogP contribution in [0, 0.1) is 0 Å². The number of hydrazone groups is 1. The molecule has 0 bridgehead atoms. The standard InChI is InChI=1S/C16H16N2O2/c1-18(2)17-12-16(19)13-8-10-15(11-9-13)20-14-6-4-3-5-7-14/h3-12H,1-2H3/b17-12-. The van der Waals surface area contributed by atoms with Crippen molar-refractivity contribution in [2.75, 3.05) is 14.1 Å². The van der Waals surface area contributed by atoms with Gasteiger partial charge in [0.25, 0.3) is 0 Å². The molecule has 0 heterocycles. The number of para-hydroxylation sites is 1. The lowest BCUT2D eigenvalue weighted by Crippen LogP contribution is -2.07.